The molecule has 0 radical (unpaired) electrons. The van der Waals surface area contributed by atoms with Gasteiger partial charge >= 0.3 is 0 Å². The quantitative estimate of drug-likeness (QED) is 0.210. The number of rotatable bonds is 7. The van der Waals surface area contributed by atoms with Crippen LogP contribution in [-0.2, 0) is 14.2 Å². The van der Waals surface area contributed by atoms with Crippen LogP contribution >= 0.6 is 0 Å². The lowest BCUT2D eigenvalue weighted by atomic mass is 9.77. The molecule has 1 aliphatic carbocycles. The first-order chi connectivity index (χ1) is 17.1. The van der Waals surface area contributed by atoms with Gasteiger partial charge in [0.2, 0.25) is 12.1 Å². The van der Waals surface area contributed by atoms with E-state index in [1.807, 2.05) is 12.3 Å². The maximum Gasteiger partial charge on any atom is 0.249 e. The number of nitrogens with zero attached hydrogens (tertiary/aromatic N) is 1. The summed E-state index contributed by atoms with van der Waals surface area (Å²) in [6.07, 6.45) is 2.77. The summed E-state index contributed by atoms with van der Waals surface area (Å²) in [5, 5.41) is 54.3. The van der Waals surface area contributed by atoms with Crippen LogP contribution in [0.2, 0.25) is 0 Å². The lowest BCUT2D eigenvalue weighted by molar-refractivity contribution is -0.482. The SMILES string of the molecule is CNC1C(O)C(NC)C2OC3(O)C(OC(C)CC3(O)CNCCC3=CN=CC=C(C)CC3)OC2C1O. The normalized spacial score (nSPS) is 45.1. The molecule has 11 heteroatoms. The monoisotopic (exact) mass is 510 g/mol. The third-order valence-corrected chi connectivity index (χ3v) is 7.93. The largest absolute Gasteiger partial charge is 0.390 e. The van der Waals surface area contributed by atoms with E-state index in [4.69, 9.17) is 14.2 Å². The molecule has 0 bridgehead atoms. The molecule has 0 spiro atoms. The number of aliphatic hydroxyl groups excluding tert-OH is 2. The van der Waals surface area contributed by atoms with Crippen LogP contribution in [0.5, 0.6) is 0 Å². The first-order valence-electron chi connectivity index (χ1n) is 12.8. The van der Waals surface area contributed by atoms with Crippen molar-refractivity contribution in [1.82, 2.24) is 16.0 Å². The van der Waals surface area contributed by atoms with Crippen LogP contribution in [0, 0.1) is 0 Å². The second-order valence-corrected chi connectivity index (χ2v) is 10.5. The Balaban J connectivity index is 1.46. The molecule has 3 heterocycles. The third-order valence-electron chi connectivity index (χ3n) is 7.93. The van der Waals surface area contributed by atoms with E-state index in [0.29, 0.717) is 6.54 Å². The average molecular weight is 511 g/mol. The van der Waals surface area contributed by atoms with Gasteiger partial charge in [-0.05, 0) is 59.8 Å². The van der Waals surface area contributed by atoms with Gasteiger partial charge < -0.3 is 50.6 Å². The zero-order valence-corrected chi connectivity index (χ0v) is 21.6. The van der Waals surface area contributed by atoms with Crippen LogP contribution in [0.25, 0.3) is 0 Å². The molecule has 1 saturated carbocycles. The number of hydrogen-bond acceptors (Lipinski definition) is 11. The van der Waals surface area contributed by atoms with Gasteiger partial charge in [0.15, 0.2) is 0 Å². The van der Waals surface area contributed by atoms with Gasteiger partial charge in [-0.2, -0.15) is 0 Å². The van der Waals surface area contributed by atoms with Crippen molar-refractivity contribution in [3.05, 3.63) is 23.4 Å². The Morgan fingerprint density at radius 1 is 1.06 bits per heavy atom. The van der Waals surface area contributed by atoms with Gasteiger partial charge in [-0.25, -0.2) is 0 Å². The van der Waals surface area contributed by atoms with Crippen LogP contribution in [0.3, 0.4) is 0 Å². The van der Waals surface area contributed by atoms with Gasteiger partial charge in [0.05, 0.1) is 24.3 Å². The highest BCUT2D eigenvalue weighted by Crippen LogP contribution is 2.46. The van der Waals surface area contributed by atoms with Crippen LogP contribution in [0.1, 0.15) is 39.5 Å². The predicted molar refractivity (Wildman–Crippen MR) is 133 cm³/mol. The second kappa shape index (κ2) is 11.2. The highest BCUT2D eigenvalue weighted by atomic mass is 16.8. The summed E-state index contributed by atoms with van der Waals surface area (Å²) < 4.78 is 18.1. The van der Waals surface area contributed by atoms with Crippen molar-refractivity contribution in [1.29, 1.82) is 0 Å². The molecule has 3 fully saturated rings. The third kappa shape index (κ3) is 5.19. The maximum atomic E-state index is 11.7. The fourth-order valence-corrected chi connectivity index (χ4v) is 5.79. The van der Waals surface area contributed by atoms with Crippen LogP contribution in [-0.4, -0.2) is 114 Å². The number of aliphatic hydroxyl groups is 4. The fourth-order valence-electron chi connectivity index (χ4n) is 5.79. The van der Waals surface area contributed by atoms with Crippen LogP contribution in [0.4, 0.5) is 0 Å². The second-order valence-electron chi connectivity index (χ2n) is 10.5. The van der Waals surface area contributed by atoms with Gasteiger partial charge in [0, 0.05) is 25.4 Å². The molecule has 3 aliphatic heterocycles. The molecule has 204 valence electrons. The van der Waals surface area contributed by atoms with E-state index in [9.17, 15) is 20.4 Å². The number of fused-ring (bicyclic) bond motifs is 2. The lowest BCUT2D eigenvalue weighted by Crippen LogP contribution is -2.81. The molecule has 7 N–H and O–H groups in total. The molecule has 0 aromatic carbocycles. The maximum absolute atomic E-state index is 11.7. The fraction of sp³-hybridized carbons (Fsp3) is 0.800. The smallest absolute Gasteiger partial charge is 0.249 e. The lowest BCUT2D eigenvalue weighted by Gasteiger charge is -2.60. The Morgan fingerprint density at radius 3 is 2.53 bits per heavy atom. The number of allylic oxidation sites excluding steroid dienone is 2. The summed E-state index contributed by atoms with van der Waals surface area (Å²) in [5.74, 6) is -2.21. The van der Waals surface area contributed by atoms with Crippen molar-refractivity contribution < 1.29 is 34.6 Å². The van der Waals surface area contributed by atoms with Crippen molar-refractivity contribution in [3.8, 4) is 0 Å². The molecule has 36 heavy (non-hydrogen) atoms. The molecule has 0 aromatic rings. The van der Waals surface area contributed by atoms with E-state index in [0.717, 1.165) is 19.3 Å². The van der Waals surface area contributed by atoms with E-state index in [1.54, 1.807) is 27.2 Å². The van der Waals surface area contributed by atoms with Crippen molar-refractivity contribution in [2.45, 2.75) is 99.8 Å². The first kappa shape index (κ1) is 27.8. The summed E-state index contributed by atoms with van der Waals surface area (Å²) in [5.41, 5.74) is 0.750. The standard InChI is InChI=1S/C25H42N4O7/c1-14-5-6-16(12-28-9-7-14)8-10-29-13-24(32)11-15(2)34-23-25(24,33)36-21-18(27-4)19(30)17(26-3)20(31)22(21)35-23/h7,9,12,15,17-23,26-27,29-33H,5-6,8,10-11,13H2,1-4H3. The number of likely N-dealkylation sites (N-methyl/N-ethyl adjacent to an activating group) is 2. The number of ether oxygens (including phenoxy) is 3. The van der Waals surface area contributed by atoms with Crippen molar-refractivity contribution in [2.24, 2.45) is 4.99 Å². The van der Waals surface area contributed by atoms with E-state index in [-0.39, 0.29) is 13.0 Å². The minimum atomic E-state index is -2.21. The molecule has 4 aliphatic rings. The Labute approximate surface area is 212 Å². The van der Waals surface area contributed by atoms with Crippen LogP contribution in [0.15, 0.2) is 28.4 Å². The van der Waals surface area contributed by atoms with Gasteiger partial charge in [-0.3, -0.25) is 4.99 Å². The highest BCUT2D eigenvalue weighted by molar-refractivity contribution is 5.72. The van der Waals surface area contributed by atoms with Crippen molar-refractivity contribution in [2.75, 3.05) is 27.2 Å². The molecule has 10 unspecified atom stereocenters. The highest BCUT2D eigenvalue weighted by Gasteiger charge is 2.68. The summed E-state index contributed by atoms with van der Waals surface area (Å²) in [6.45, 7) is 4.50. The topological polar surface area (TPSA) is 157 Å². The zero-order chi connectivity index (χ0) is 26.1. The molecule has 0 aromatic heterocycles. The van der Waals surface area contributed by atoms with Gasteiger partial charge in [-0.15, -0.1) is 0 Å². The van der Waals surface area contributed by atoms with Gasteiger partial charge in [-0.1, -0.05) is 11.1 Å². The zero-order valence-electron chi connectivity index (χ0n) is 21.6. The molecular formula is C25H42N4O7. The molecule has 2 saturated heterocycles. The molecule has 11 nitrogen and oxygen atoms in total. The average Bonchev–Trinajstić information content (AvgIpc) is 2.81. The first-order valence-corrected chi connectivity index (χ1v) is 12.8. The van der Waals surface area contributed by atoms with E-state index in [2.05, 4.69) is 27.9 Å². The summed E-state index contributed by atoms with van der Waals surface area (Å²) >= 11 is 0. The molecule has 0 amide bonds. The van der Waals surface area contributed by atoms with Crippen molar-refractivity contribution >= 4 is 6.21 Å². The summed E-state index contributed by atoms with van der Waals surface area (Å²) in [6, 6.07) is -1.34. The number of aliphatic imine (C=N–C) groups is 1. The van der Waals surface area contributed by atoms with Crippen molar-refractivity contribution in [3.63, 3.8) is 0 Å². The minimum absolute atomic E-state index is 0.0401. The number of hydrogen-bond donors (Lipinski definition) is 7. The molecular weight excluding hydrogens is 468 g/mol. The minimum Gasteiger partial charge on any atom is -0.390 e. The molecule has 4 rings (SSSR count). The summed E-state index contributed by atoms with van der Waals surface area (Å²) in [7, 11) is 3.30. The van der Waals surface area contributed by atoms with Crippen LogP contribution < -0.4 is 16.0 Å². The van der Waals surface area contributed by atoms with E-state index >= 15 is 0 Å². The van der Waals surface area contributed by atoms with E-state index < -0.39 is 60.3 Å². The van der Waals surface area contributed by atoms with Gasteiger partial charge in [0.25, 0.3) is 0 Å². The molecule has 10 atom stereocenters. The predicted octanol–water partition coefficient (Wildman–Crippen LogP) is -1.09. The number of nitrogens with one attached hydrogen (secondary N) is 3. The Hall–Kier alpha value is -1.25. The summed E-state index contributed by atoms with van der Waals surface area (Å²) in [4.78, 5) is 4.31. The van der Waals surface area contributed by atoms with Gasteiger partial charge in [0.1, 0.15) is 23.9 Å². The Morgan fingerprint density at radius 2 is 1.81 bits per heavy atom. The van der Waals surface area contributed by atoms with E-state index in [1.165, 1.54) is 11.1 Å². The Bertz CT molecular complexity index is 869. The Kier molecular flexibility index (Phi) is 8.67.